The Bertz CT molecular complexity index is 279. The van der Waals surface area contributed by atoms with Gasteiger partial charge < -0.3 is 25.2 Å². The van der Waals surface area contributed by atoms with Gasteiger partial charge in [-0.2, -0.15) is 0 Å². The van der Waals surface area contributed by atoms with Crippen molar-refractivity contribution in [2.24, 2.45) is 0 Å². The number of carboxylic acids is 1. The van der Waals surface area contributed by atoms with Gasteiger partial charge in [-0.1, -0.05) is 19.8 Å². The molecule has 0 aromatic heterocycles. The highest BCUT2D eigenvalue weighted by atomic mass is 16.5. The first-order valence-corrected chi connectivity index (χ1v) is 6.33. The molecule has 0 spiro atoms. The Hall–Kier alpha value is -1.18. The standard InChI is InChI=1S/C12H22O7/c1-2-3-5-8(13)6-4-7-19-12(18)10(15)9(14)11(16)17/h8-10,13-15H,2-7H2,1H3,(H,16,17). The number of hydrogen-bond donors (Lipinski definition) is 4. The Morgan fingerprint density at radius 3 is 2.16 bits per heavy atom. The van der Waals surface area contributed by atoms with Crippen molar-refractivity contribution in [1.82, 2.24) is 0 Å². The molecule has 0 radical (unpaired) electrons. The predicted molar refractivity (Wildman–Crippen MR) is 65.4 cm³/mol. The normalized spacial score (nSPS) is 15.6. The van der Waals surface area contributed by atoms with Crippen LogP contribution in [-0.2, 0) is 14.3 Å². The van der Waals surface area contributed by atoms with Gasteiger partial charge in [-0.25, -0.2) is 9.59 Å². The SMILES string of the molecule is CCCCC(O)CCCOC(=O)C(O)C(O)C(=O)O. The minimum atomic E-state index is -2.19. The van der Waals surface area contributed by atoms with Gasteiger partial charge in [0.15, 0.2) is 12.2 Å². The second-order valence-electron chi connectivity index (χ2n) is 4.33. The van der Waals surface area contributed by atoms with Crippen LogP contribution in [-0.4, -0.2) is 57.3 Å². The van der Waals surface area contributed by atoms with Crippen molar-refractivity contribution in [3.8, 4) is 0 Å². The van der Waals surface area contributed by atoms with Crippen LogP contribution in [0.3, 0.4) is 0 Å². The molecule has 3 atom stereocenters. The second kappa shape index (κ2) is 9.71. The molecule has 0 aromatic rings. The zero-order valence-corrected chi connectivity index (χ0v) is 11.0. The Labute approximate surface area is 111 Å². The number of carboxylic acid groups (broad SMARTS) is 1. The number of rotatable bonds is 10. The minimum absolute atomic E-state index is 0.0363. The maximum atomic E-state index is 11.1. The lowest BCUT2D eigenvalue weighted by Gasteiger charge is -2.14. The highest BCUT2D eigenvalue weighted by Gasteiger charge is 2.31. The number of esters is 1. The molecule has 0 saturated heterocycles. The van der Waals surface area contributed by atoms with Gasteiger partial charge in [-0.15, -0.1) is 0 Å². The van der Waals surface area contributed by atoms with Crippen LogP contribution >= 0.6 is 0 Å². The van der Waals surface area contributed by atoms with Gasteiger partial charge >= 0.3 is 11.9 Å². The molecule has 0 bridgehead atoms. The highest BCUT2D eigenvalue weighted by molar-refractivity contribution is 5.84. The topological polar surface area (TPSA) is 124 Å². The van der Waals surface area contributed by atoms with Crippen molar-refractivity contribution < 1.29 is 34.8 Å². The van der Waals surface area contributed by atoms with Crippen LogP contribution in [0.4, 0.5) is 0 Å². The Morgan fingerprint density at radius 2 is 1.63 bits per heavy atom. The molecular weight excluding hydrogens is 256 g/mol. The molecule has 7 heteroatoms. The summed E-state index contributed by atoms with van der Waals surface area (Å²) in [6.07, 6.45) is -1.27. The summed E-state index contributed by atoms with van der Waals surface area (Å²) >= 11 is 0. The van der Waals surface area contributed by atoms with Crippen LogP contribution in [0.5, 0.6) is 0 Å². The first-order chi connectivity index (χ1) is 8.90. The second-order valence-corrected chi connectivity index (χ2v) is 4.33. The maximum Gasteiger partial charge on any atom is 0.338 e. The third kappa shape index (κ3) is 7.76. The third-order valence-corrected chi connectivity index (χ3v) is 2.61. The first-order valence-electron chi connectivity index (χ1n) is 6.33. The van der Waals surface area contributed by atoms with E-state index in [0.717, 1.165) is 12.8 Å². The summed E-state index contributed by atoms with van der Waals surface area (Å²) in [5, 5.41) is 35.9. The van der Waals surface area contributed by atoms with Gasteiger partial charge in [-0.05, 0) is 19.3 Å². The smallest absolute Gasteiger partial charge is 0.338 e. The Morgan fingerprint density at radius 1 is 1.05 bits per heavy atom. The van der Waals surface area contributed by atoms with Crippen LogP contribution in [0.15, 0.2) is 0 Å². The van der Waals surface area contributed by atoms with Crippen molar-refractivity contribution >= 4 is 11.9 Å². The maximum absolute atomic E-state index is 11.1. The molecule has 19 heavy (non-hydrogen) atoms. The number of ether oxygens (including phenoxy) is 1. The molecule has 7 nitrogen and oxygen atoms in total. The highest BCUT2D eigenvalue weighted by Crippen LogP contribution is 2.07. The summed E-state index contributed by atoms with van der Waals surface area (Å²) in [5.41, 5.74) is 0. The lowest BCUT2D eigenvalue weighted by Crippen LogP contribution is -2.40. The quantitative estimate of drug-likeness (QED) is 0.318. The zero-order chi connectivity index (χ0) is 14.8. The fraction of sp³-hybridized carbons (Fsp3) is 0.833. The molecular formula is C12H22O7. The van der Waals surface area contributed by atoms with E-state index in [4.69, 9.17) is 15.3 Å². The van der Waals surface area contributed by atoms with Crippen LogP contribution in [0.2, 0.25) is 0 Å². The molecule has 0 fully saturated rings. The summed E-state index contributed by atoms with van der Waals surface area (Å²) in [6, 6.07) is 0. The summed E-state index contributed by atoms with van der Waals surface area (Å²) in [7, 11) is 0. The van der Waals surface area contributed by atoms with E-state index in [9.17, 15) is 14.7 Å². The molecule has 0 heterocycles. The summed E-state index contributed by atoms with van der Waals surface area (Å²) < 4.78 is 4.61. The summed E-state index contributed by atoms with van der Waals surface area (Å²) in [5.74, 6) is -2.88. The van der Waals surface area contributed by atoms with Crippen LogP contribution in [0, 0.1) is 0 Å². The van der Waals surface area contributed by atoms with Gasteiger partial charge in [0.2, 0.25) is 0 Å². The first kappa shape index (κ1) is 17.8. The molecule has 0 aliphatic carbocycles. The van der Waals surface area contributed by atoms with Crippen molar-refractivity contribution in [3.63, 3.8) is 0 Å². The minimum Gasteiger partial charge on any atom is -0.479 e. The number of carbonyl (C=O) groups is 2. The molecule has 0 amide bonds. The van der Waals surface area contributed by atoms with Crippen molar-refractivity contribution in [1.29, 1.82) is 0 Å². The molecule has 0 aromatic carbocycles. The summed E-state index contributed by atoms with van der Waals surface area (Å²) in [4.78, 5) is 21.5. The predicted octanol–water partition coefficient (Wildman–Crippen LogP) is -0.333. The molecule has 0 rings (SSSR count). The average molecular weight is 278 g/mol. The number of aliphatic carboxylic acids is 1. The van der Waals surface area contributed by atoms with Gasteiger partial charge in [-0.3, -0.25) is 0 Å². The Balaban J connectivity index is 3.77. The number of aliphatic hydroxyl groups excluding tert-OH is 3. The third-order valence-electron chi connectivity index (χ3n) is 2.61. The zero-order valence-electron chi connectivity index (χ0n) is 11.0. The van der Waals surface area contributed by atoms with Crippen LogP contribution in [0.25, 0.3) is 0 Å². The van der Waals surface area contributed by atoms with E-state index in [1.165, 1.54) is 0 Å². The largest absolute Gasteiger partial charge is 0.479 e. The van der Waals surface area contributed by atoms with E-state index in [1.807, 2.05) is 6.92 Å². The van der Waals surface area contributed by atoms with E-state index >= 15 is 0 Å². The van der Waals surface area contributed by atoms with E-state index in [0.29, 0.717) is 19.3 Å². The van der Waals surface area contributed by atoms with Crippen LogP contribution in [0.1, 0.15) is 39.0 Å². The number of hydrogen-bond acceptors (Lipinski definition) is 6. The fourth-order valence-corrected chi connectivity index (χ4v) is 1.43. The van der Waals surface area contributed by atoms with Crippen LogP contribution < -0.4 is 0 Å². The number of carbonyl (C=O) groups excluding carboxylic acids is 1. The average Bonchev–Trinajstić information content (AvgIpc) is 2.38. The van der Waals surface area contributed by atoms with E-state index in [2.05, 4.69) is 4.74 Å². The van der Waals surface area contributed by atoms with Crippen molar-refractivity contribution in [3.05, 3.63) is 0 Å². The monoisotopic (exact) mass is 278 g/mol. The van der Waals surface area contributed by atoms with Gasteiger partial charge in [0.25, 0.3) is 0 Å². The van der Waals surface area contributed by atoms with Gasteiger partial charge in [0, 0.05) is 0 Å². The lowest BCUT2D eigenvalue weighted by atomic mass is 10.1. The van der Waals surface area contributed by atoms with Crippen molar-refractivity contribution in [2.45, 2.75) is 57.3 Å². The van der Waals surface area contributed by atoms with E-state index in [1.54, 1.807) is 0 Å². The molecule has 0 aliphatic rings. The Kier molecular flexibility index (Phi) is 9.11. The van der Waals surface area contributed by atoms with Gasteiger partial charge in [0.05, 0.1) is 12.7 Å². The van der Waals surface area contributed by atoms with E-state index in [-0.39, 0.29) is 6.61 Å². The van der Waals surface area contributed by atoms with Crippen molar-refractivity contribution in [2.75, 3.05) is 6.61 Å². The number of aliphatic hydroxyl groups is 3. The van der Waals surface area contributed by atoms with E-state index < -0.39 is 30.3 Å². The molecule has 3 unspecified atom stereocenters. The molecule has 0 aliphatic heterocycles. The fourth-order valence-electron chi connectivity index (χ4n) is 1.43. The molecule has 0 saturated carbocycles. The molecule has 112 valence electrons. The summed E-state index contributed by atoms with van der Waals surface area (Å²) in [6.45, 7) is 1.98. The lowest BCUT2D eigenvalue weighted by molar-refractivity contribution is -0.169. The molecule has 4 N–H and O–H groups in total. The number of unbranched alkanes of at least 4 members (excludes halogenated alkanes) is 1. The van der Waals surface area contributed by atoms with Gasteiger partial charge in [0.1, 0.15) is 0 Å².